The highest BCUT2D eigenvalue weighted by atomic mass is 16.1. The largest absolute Gasteiger partial charge is 0.370 e. The molecular weight excluding hydrogens is 178 g/mol. The van der Waals surface area contributed by atoms with Gasteiger partial charge in [0.05, 0.1) is 0 Å². The van der Waals surface area contributed by atoms with E-state index in [1.807, 2.05) is 0 Å². The summed E-state index contributed by atoms with van der Waals surface area (Å²) in [5, 5.41) is 0. The number of carbonyl (C=O) groups excluding carboxylic acids is 1. The molecule has 4 heteroatoms. The smallest absolute Gasteiger partial charge is 0.218 e. The van der Waals surface area contributed by atoms with Gasteiger partial charge in [-0.3, -0.25) is 4.79 Å². The Morgan fingerprint density at radius 2 is 2.29 bits per heavy atom. The van der Waals surface area contributed by atoms with E-state index in [4.69, 9.17) is 11.5 Å². The van der Waals surface area contributed by atoms with E-state index >= 15 is 0 Å². The Morgan fingerprint density at radius 3 is 2.71 bits per heavy atom. The number of hydrogen-bond donors (Lipinski definition) is 2. The lowest BCUT2D eigenvalue weighted by Gasteiger charge is -2.44. The first-order chi connectivity index (χ1) is 6.50. The number of carbonyl (C=O) groups is 1. The SMILES string of the molecule is CC1CN(C)CCC1(CN)CC(N)=O. The van der Waals surface area contributed by atoms with Crippen molar-refractivity contribution in [3.8, 4) is 0 Å². The van der Waals surface area contributed by atoms with Crippen LogP contribution in [0.2, 0.25) is 0 Å². The summed E-state index contributed by atoms with van der Waals surface area (Å²) in [4.78, 5) is 13.3. The van der Waals surface area contributed by atoms with Gasteiger partial charge in [0.2, 0.25) is 5.91 Å². The van der Waals surface area contributed by atoms with Crippen molar-refractivity contribution in [3.63, 3.8) is 0 Å². The molecule has 82 valence electrons. The van der Waals surface area contributed by atoms with Crippen LogP contribution in [-0.4, -0.2) is 37.5 Å². The van der Waals surface area contributed by atoms with Crippen LogP contribution < -0.4 is 11.5 Å². The molecule has 2 unspecified atom stereocenters. The van der Waals surface area contributed by atoms with Gasteiger partial charge >= 0.3 is 0 Å². The number of likely N-dealkylation sites (tertiary alicyclic amines) is 1. The fourth-order valence-corrected chi connectivity index (χ4v) is 2.40. The molecule has 0 aromatic rings. The third-order valence-electron chi connectivity index (χ3n) is 3.56. The second-order valence-corrected chi connectivity index (χ2v) is 4.62. The van der Waals surface area contributed by atoms with Crippen LogP contribution in [0.4, 0.5) is 0 Å². The Labute approximate surface area is 85.6 Å². The molecule has 0 radical (unpaired) electrons. The molecule has 2 atom stereocenters. The normalized spacial score (nSPS) is 34.4. The van der Waals surface area contributed by atoms with Crippen LogP contribution in [0.3, 0.4) is 0 Å². The maximum Gasteiger partial charge on any atom is 0.218 e. The highest BCUT2D eigenvalue weighted by molar-refractivity contribution is 5.74. The van der Waals surface area contributed by atoms with Crippen LogP contribution in [0.25, 0.3) is 0 Å². The summed E-state index contributed by atoms with van der Waals surface area (Å²) < 4.78 is 0. The molecule has 0 spiro atoms. The fourth-order valence-electron chi connectivity index (χ4n) is 2.40. The average Bonchev–Trinajstić information content (AvgIpc) is 2.10. The number of primary amides is 1. The van der Waals surface area contributed by atoms with Gasteiger partial charge in [-0.25, -0.2) is 0 Å². The Morgan fingerprint density at radius 1 is 1.64 bits per heavy atom. The summed E-state index contributed by atoms with van der Waals surface area (Å²) >= 11 is 0. The Kier molecular flexibility index (Phi) is 3.50. The molecule has 0 aromatic heterocycles. The lowest BCUT2D eigenvalue weighted by Crippen LogP contribution is -2.50. The second kappa shape index (κ2) is 4.28. The van der Waals surface area contributed by atoms with E-state index in [-0.39, 0.29) is 11.3 Å². The number of piperidine rings is 1. The molecule has 0 bridgehead atoms. The van der Waals surface area contributed by atoms with Crippen molar-refractivity contribution < 1.29 is 4.79 Å². The maximum atomic E-state index is 11.0. The van der Waals surface area contributed by atoms with Crippen molar-refractivity contribution >= 4 is 5.91 Å². The van der Waals surface area contributed by atoms with Gasteiger partial charge in [-0.2, -0.15) is 0 Å². The van der Waals surface area contributed by atoms with Crippen molar-refractivity contribution in [2.24, 2.45) is 22.8 Å². The molecule has 4 N–H and O–H groups in total. The van der Waals surface area contributed by atoms with E-state index in [9.17, 15) is 4.79 Å². The van der Waals surface area contributed by atoms with Gasteiger partial charge in [0.1, 0.15) is 0 Å². The van der Waals surface area contributed by atoms with Crippen molar-refractivity contribution in [2.75, 3.05) is 26.7 Å². The Bertz CT molecular complexity index is 219. The van der Waals surface area contributed by atoms with E-state index in [1.54, 1.807) is 0 Å². The molecule has 0 saturated carbocycles. The van der Waals surface area contributed by atoms with Crippen LogP contribution in [0.15, 0.2) is 0 Å². The molecule has 1 heterocycles. The first-order valence-electron chi connectivity index (χ1n) is 5.17. The number of nitrogens with two attached hydrogens (primary N) is 2. The average molecular weight is 199 g/mol. The molecule has 1 aliphatic heterocycles. The summed E-state index contributed by atoms with van der Waals surface area (Å²) in [6.45, 7) is 4.73. The van der Waals surface area contributed by atoms with E-state index in [0.29, 0.717) is 18.9 Å². The molecule has 1 amide bonds. The Balaban J connectivity index is 2.72. The van der Waals surface area contributed by atoms with Gasteiger partial charge in [0.25, 0.3) is 0 Å². The third kappa shape index (κ3) is 2.25. The topological polar surface area (TPSA) is 72.3 Å². The third-order valence-corrected chi connectivity index (χ3v) is 3.56. The van der Waals surface area contributed by atoms with Gasteiger partial charge < -0.3 is 16.4 Å². The maximum absolute atomic E-state index is 11.0. The Hall–Kier alpha value is -0.610. The van der Waals surface area contributed by atoms with Crippen molar-refractivity contribution in [3.05, 3.63) is 0 Å². The lowest BCUT2D eigenvalue weighted by molar-refractivity contribution is -0.122. The van der Waals surface area contributed by atoms with E-state index < -0.39 is 0 Å². The summed E-state index contributed by atoms with van der Waals surface area (Å²) in [6, 6.07) is 0. The predicted molar refractivity (Wildman–Crippen MR) is 56.6 cm³/mol. The van der Waals surface area contributed by atoms with Crippen molar-refractivity contribution in [1.82, 2.24) is 4.90 Å². The minimum atomic E-state index is -0.230. The second-order valence-electron chi connectivity index (χ2n) is 4.62. The number of rotatable bonds is 3. The zero-order chi connectivity index (χ0) is 10.8. The first kappa shape index (κ1) is 11.5. The van der Waals surface area contributed by atoms with Gasteiger partial charge in [-0.05, 0) is 37.9 Å². The zero-order valence-electron chi connectivity index (χ0n) is 9.12. The molecular formula is C10H21N3O. The first-order valence-corrected chi connectivity index (χ1v) is 5.17. The van der Waals surface area contributed by atoms with E-state index in [2.05, 4.69) is 18.9 Å². The number of amides is 1. The van der Waals surface area contributed by atoms with Gasteiger partial charge in [0.15, 0.2) is 0 Å². The molecule has 4 nitrogen and oxygen atoms in total. The van der Waals surface area contributed by atoms with E-state index in [1.165, 1.54) is 0 Å². The summed E-state index contributed by atoms with van der Waals surface area (Å²) in [5.41, 5.74) is 11.0. The minimum absolute atomic E-state index is 0.0572. The van der Waals surface area contributed by atoms with Gasteiger partial charge in [-0.15, -0.1) is 0 Å². The highest BCUT2D eigenvalue weighted by Gasteiger charge is 2.39. The standard InChI is InChI=1S/C10H21N3O/c1-8-6-13(2)4-3-10(8,7-11)5-9(12)14/h8H,3-7,11H2,1-2H3,(H2,12,14). The van der Waals surface area contributed by atoms with Crippen molar-refractivity contribution in [2.45, 2.75) is 19.8 Å². The predicted octanol–water partition coefficient (Wildman–Crippen LogP) is -0.221. The summed E-state index contributed by atoms with van der Waals surface area (Å²) in [5.74, 6) is 0.214. The summed E-state index contributed by atoms with van der Waals surface area (Å²) in [7, 11) is 2.10. The highest BCUT2D eigenvalue weighted by Crippen LogP contribution is 2.37. The fraction of sp³-hybridized carbons (Fsp3) is 0.900. The summed E-state index contributed by atoms with van der Waals surface area (Å²) in [6.07, 6.45) is 1.41. The van der Waals surface area contributed by atoms with Gasteiger partial charge in [-0.1, -0.05) is 6.92 Å². The van der Waals surface area contributed by atoms with Crippen LogP contribution in [-0.2, 0) is 4.79 Å². The molecule has 0 aromatic carbocycles. The number of hydrogen-bond acceptors (Lipinski definition) is 3. The van der Waals surface area contributed by atoms with Crippen molar-refractivity contribution in [1.29, 1.82) is 0 Å². The minimum Gasteiger partial charge on any atom is -0.370 e. The molecule has 0 aliphatic carbocycles. The zero-order valence-corrected chi connectivity index (χ0v) is 9.12. The molecule has 1 fully saturated rings. The monoisotopic (exact) mass is 199 g/mol. The van der Waals surface area contributed by atoms with Crippen LogP contribution in [0.5, 0.6) is 0 Å². The molecule has 14 heavy (non-hydrogen) atoms. The van der Waals surface area contributed by atoms with E-state index in [0.717, 1.165) is 19.5 Å². The lowest BCUT2D eigenvalue weighted by atomic mass is 9.69. The molecule has 1 rings (SSSR count). The molecule has 1 saturated heterocycles. The van der Waals surface area contributed by atoms with Gasteiger partial charge in [0, 0.05) is 13.0 Å². The van der Waals surface area contributed by atoms with Crippen LogP contribution >= 0.6 is 0 Å². The quantitative estimate of drug-likeness (QED) is 0.660. The van der Waals surface area contributed by atoms with Crippen LogP contribution in [0, 0.1) is 11.3 Å². The van der Waals surface area contributed by atoms with Crippen LogP contribution in [0.1, 0.15) is 19.8 Å². The molecule has 1 aliphatic rings. The number of nitrogens with zero attached hydrogens (tertiary/aromatic N) is 1.